The van der Waals surface area contributed by atoms with Crippen molar-refractivity contribution < 1.29 is 37.2 Å². The van der Waals surface area contributed by atoms with Crippen molar-refractivity contribution in [3.63, 3.8) is 0 Å². The fourth-order valence-electron chi connectivity index (χ4n) is 1.04. The number of hydrogen-bond acceptors (Lipinski definition) is 7. The van der Waals surface area contributed by atoms with Crippen LogP contribution in [0.2, 0.25) is 0 Å². The van der Waals surface area contributed by atoms with E-state index in [0.717, 1.165) is 0 Å². The predicted molar refractivity (Wildman–Crippen MR) is 40.4 cm³/mol. The van der Waals surface area contributed by atoms with Crippen molar-refractivity contribution in [1.29, 1.82) is 0 Å². The van der Waals surface area contributed by atoms with E-state index in [4.69, 9.17) is 19.9 Å². The van der Waals surface area contributed by atoms with Crippen LogP contribution in [0.4, 0.5) is 0 Å². The molecule has 8 nitrogen and oxygen atoms in total. The first kappa shape index (κ1) is 11.8. The standard InChI is InChI=1S/C5H10O8S/c6-2-1-12-5(8)3(7)4(2)13-14(9,10)11/h2-8H,1H2,(H,9,10,11)/t2-,3-,4+,5?/m1/s1. The van der Waals surface area contributed by atoms with Crippen molar-refractivity contribution in [3.8, 4) is 0 Å². The van der Waals surface area contributed by atoms with Gasteiger partial charge in [0.1, 0.15) is 18.3 Å². The lowest BCUT2D eigenvalue weighted by Crippen LogP contribution is -2.54. The normalized spacial score (nSPS) is 39.7. The predicted octanol–water partition coefficient (Wildman–Crippen LogP) is -2.76. The molecule has 1 saturated heterocycles. The summed E-state index contributed by atoms with van der Waals surface area (Å²) in [7, 11) is -4.80. The Hall–Kier alpha value is -0.290. The smallest absolute Gasteiger partial charge is 0.388 e. The number of aliphatic hydroxyl groups excluding tert-OH is 3. The monoisotopic (exact) mass is 230 g/mol. The lowest BCUT2D eigenvalue weighted by molar-refractivity contribution is -0.246. The van der Waals surface area contributed by atoms with Crippen LogP contribution >= 0.6 is 0 Å². The molecule has 0 aliphatic carbocycles. The van der Waals surface area contributed by atoms with Gasteiger partial charge in [0.2, 0.25) is 0 Å². The van der Waals surface area contributed by atoms with E-state index in [9.17, 15) is 8.42 Å². The molecular formula is C5H10O8S. The Bertz CT molecular complexity index is 286. The molecule has 14 heavy (non-hydrogen) atoms. The highest BCUT2D eigenvalue weighted by molar-refractivity contribution is 7.80. The van der Waals surface area contributed by atoms with E-state index in [-0.39, 0.29) is 0 Å². The number of hydrogen-bond donors (Lipinski definition) is 4. The Labute approximate surface area is 79.6 Å². The molecule has 1 unspecified atom stereocenters. The number of aliphatic hydroxyl groups is 3. The Morgan fingerprint density at radius 2 is 1.86 bits per heavy atom. The molecule has 4 atom stereocenters. The molecule has 0 amide bonds. The van der Waals surface area contributed by atoms with E-state index >= 15 is 0 Å². The third-order valence-electron chi connectivity index (χ3n) is 1.68. The topological polar surface area (TPSA) is 134 Å². The van der Waals surface area contributed by atoms with Crippen LogP contribution in [0.25, 0.3) is 0 Å². The molecule has 0 radical (unpaired) electrons. The van der Waals surface area contributed by atoms with E-state index in [0.29, 0.717) is 0 Å². The average molecular weight is 230 g/mol. The highest BCUT2D eigenvalue weighted by atomic mass is 32.3. The summed E-state index contributed by atoms with van der Waals surface area (Å²) in [6, 6.07) is 0. The third kappa shape index (κ3) is 2.85. The first-order chi connectivity index (χ1) is 6.31. The van der Waals surface area contributed by atoms with Gasteiger partial charge < -0.3 is 20.1 Å². The van der Waals surface area contributed by atoms with Gasteiger partial charge in [0, 0.05) is 0 Å². The molecule has 1 heterocycles. The second-order valence-corrected chi connectivity index (χ2v) is 3.82. The van der Waals surface area contributed by atoms with Gasteiger partial charge in [-0.15, -0.1) is 0 Å². The third-order valence-corrected chi connectivity index (χ3v) is 2.14. The van der Waals surface area contributed by atoms with Gasteiger partial charge in [-0.25, -0.2) is 4.18 Å². The minimum Gasteiger partial charge on any atom is -0.388 e. The summed E-state index contributed by atoms with van der Waals surface area (Å²) in [6.07, 6.45) is -6.50. The fraction of sp³-hybridized carbons (Fsp3) is 1.00. The molecule has 1 fully saturated rings. The van der Waals surface area contributed by atoms with Gasteiger partial charge in [-0.05, 0) is 0 Å². The number of rotatable bonds is 2. The molecule has 0 aromatic carbocycles. The molecule has 9 heteroatoms. The minimum atomic E-state index is -4.80. The van der Waals surface area contributed by atoms with Crippen molar-refractivity contribution in [3.05, 3.63) is 0 Å². The lowest BCUT2D eigenvalue weighted by Gasteiger charge is -2.33. The van der Waals surface area contributed by atoms with E-state index in [1.807, 2.05) is 0 Å². The molecule has 1 aliphatic heterocycles. The van der Waals surface area contributed by atoms with Gasteiger partial charge >= 0.3 is 10.4 Å². The van der Waals surface area contributed by atoms with E-state index in [1.165, 1.54) is 0 Å². The van der Waals surface area contributed by atoms with Crippen LogP contribution in [0.1, 0.15) is 0 Å². The molecule has 0 spiro atoms. The molecule has 0 aromatic rings. The summed E-state index contributed by atoms with van der Waals surface area (Å²) in [6.45, 7) is -0.404. The van der Waals surface area contributed by atoms with Crippen molar-refractivity contribution in [2.45, 2.75) is 24.6 Å². The highest BCUT2D eigenvalue weighted by Crippen LogP contribution is 2.18. The van der Waals surface area contributed by atoms with E-state index < -0.39 is 41.6 Å². The van der Waals surface area contributed by atoms with Gasteiger partial charge in [0.15, 0.2) is 6.29 Å². The van der Waals surface area contributed by atoms with Gasteiger partial charge in [-0.2, -0.15) is 8.42 Å². The summed E-state index contributed by atoms with van der Waals surface area (Å²) in [5.74, 6) is 0. The van der Waals surface area contributed by atoms with E-state index in [2.05, 4.69) is 8.92 Å². The highest BCUT2D eigenvalue weighted by Gasteiger charge is 2.41. The van der Waals surface area contributed by atoms with Crippen molar-refractivity contribution in [2.75, 3.05) is 6.61 Å². The largest absolute Gasteiger partial charge is 0.397 e. The molecule has 1 rings (SSSR count). The zero-order valence-electron chi connectivity index (χ0n) is 6.85. The molecule has 0 aromatic heterocycles. The molecule has 84 valence electrons. The number of ether oxygens (including phenoxy) is 1. The summed E-state index contributed by atoms with van der Waals surface area (Å²) in [5, 5.41) is 27.2. The van der Waals surface area contributed by atoms with Crippen LogP contribution in [-0.2, 0) is 19.3 Å². The van der Waals surface area contributed by atoms with Crippen LogP contribution in [0, 0.1) is 0 Å². The van der Waals surface area contributed by atoms with Crippen LogP contribution < -0.4 is 0 Å². The Kier molecular flexibility index (Phi) is 3.42. The zero-order valence-corrected chi connectivity index (χ0v) is 7.66. The summed E-state index contributed by atoms with van der Waals surface area (Å²) in [5.41, 5.74) is 0. The first-order valence-corrected chi connectivity index (χ1v) is 4.99. The Morgan fingerprint density at radius 1 is 1.29 bits per heavy atom. The van der Waals surface area contributed by atoms with Gasteiger partial charge in [-0.1, -0.05) is 0 Å². The second-order valence-electron chi connectivity index (χ2n) is 2.77. The zero-order chi connectivity index (χ0) is 10.9. The Morgan fingerprint density at radius 3 is 2.36 bits per heavy atom. The van der Waals surface area contributed by atoms with Crippen molar-refractivity contribution >= 4 is 10.4 Å². The maximum absolute atomic E-state index is 10.3. The van der Waals surface area contributed by atoms with Crippen LogP contribution in [-0.4, -0.2) is 59.5 Å². The first-order valence-electron chi connectivity index (χ1n) is 3.63. The fourth-order valence-corrected chi connectivity index (χ4v) is 1.56. The van der Waals surface area contributed by atoms with Crippen molar-refractivity contribution in [2.24, 2.45) is 0 Å². The average Bonchev–Trinajstić information content (AvgIpc) is 2.04. The van der Waals surface area contributed by atoms with Crippen molar-refractivity contribution in [1.82, 2.24) is 0 Å². The maximum atomic E-state index is 10.3. The van der Waals surface area contributed by atoms with E-state index in [1.54, 1.807) is 0 Å². The second kappa shape index (κ2) is 4.06. The summed E-state index contributed by atoms with van der Waals surface area (Å²) in [4.78, 5) is 0. The molecule has 4 N–H and O–H groups in total. The molecule has 0 bridgehead atoms. The van der Waals surface area contributed by atoms with Gasteiger partial charge in [0.25, 0.3) is 0 Å². The van der Waals surface area contributed by atoms with Crippen LogP contribution in [0.15, 0.2) is 0 Å². The lowest BCUT2D eigenvalue weighted by atomic mass is 10.1. The molecular weight excluding hydrogens is 220 g/mol. The van der Waals surface area contributed by atoms with Gasteiger partial charge in [0.05, 0.1) is 6.61 Å². The van der Waals surface area contributed by atoms with Gasteiger partial charge in [-0.3, -0.25) is 4.55 Å². The minimum absolute atomic E-state index is 0.404. The molecule has 0 saturated carbocycles. The van der Waals surface area contributed by atoms with Crippen LogP contribution in [0.3, 0.4) is 0 Å². The Balaban J connectivity index is 2.73. The summed E-state index contributed by atoms with van der Waals surface area (Å²) >= 11 is 0. The SMILES string of the molecule is O=S(=O)(O)O[C@H]1[C@H](O)COC(O)[C@@H]1O. The molecule has 1 aliphatic rings. The summed E-state index contributed by atoms with van der Waals surface area (Å²) < 4.78 is 37.3. The quantitative estimate of drug-likeness (QED) is 0.375. The van der Waals surface area contributed by atoms with Crippen LogP contribution in [0.5, 0.6) is 0 Å². The maximum Gasteiger partial charge on any atom is 0.397 e.